The van der Waals surface area contributed by atoms with E-state index in [1.807, 2.05) is 6.20 Å². The summed E-state index contributed by atoms with van der Waals surface area (Å²) in [7, 11) is 0. The molecule has 1 aromatic heterocycles. The van der Waals surface area contributed by atoms with Gasteiger partial charge in [0.25, 0.3) is 0 Å². The van der Waals surface area contributed by atoms with Crippen molar-refractivity contribution in [3.8, 4) is 0 Å². The van der Waals surface area contributed by atoms with Crippen LogP contribution < -0.4 is 4.48 Å². The molecule has 0 amide bonds. The quantitative estimate of drug-likeness (QED) is 0.212. The second kappa shape index (κ2) is 6.00. The lowest BCUT2D eigenvalue weighted by Gasteiger charge is -2.34. The third kappa shape index (κ3) is 1.98. The lowest BCUT2D eigenvalue weighted by Crippen LogP contribution is -2.31. The van der Waals surface area contributed by atoms with Crippen LogP contribution >= 0.6 is 0 Å². The fourth-order valence-electron chi connectivity index (χ4n) is 5.55. The fourth-order valence-corrected chi connectivity index (χ4v) is 5.55. The smallest absolute Gasteiger partial charge is 0.160 e. The van der Waals surface area contributed by atoms with Crippen LogP contribution in [0.1, 0.15) is 0 Å². The summed E-state index contributed by atoms with van der Waals surface area (Å²) in [6, 6.07) is 39.3. The van der Waals surface area contributed by atoms with Crippen LogP contribution in [-0.4, -0.2) is 4.98 Å². The Labute approximate surface area is 180 Å². The van der Waals surface area contributed by atoms with Gasteiger partial charge in [-0.25, -0.2) is 0 Å². The van der Waals surface area contributed by atoms with Crippen LogP contribution in [0.3, 0.4) is 0 Å². The predicted octanol–water partition coefficient (Wildman–Crippen LogP) is 8.16. The van der Waals surface area contributed by atoms with Gasteiger partial charge in [0.15, 0.2) is 11.4 Å². The van der Waals surface area contributed by atoms with Crippen molar-refractivity contribution in [1.82, 2.24) is 9.47 Å². The molecule has 1 aliphatic heterocycles. The molecule has 7 rings (SSSR count). The second-order valence-corrected chi connectivity index (χ2v) is 8.14. The topological polar surface area (TPSA) is 12.9 Å². The largest absolute Gasteiger partial charge is 0.255 e. The Morgan fingerprint density at radius 3 is 1.74 bits per heavy atom. The normalized spacial score (nSPS) is 14.1. The minimum atomic E-state index is 0.573. The molecule has 0 radical (unpaired) electrons. The van der Waals surface area contributed by atoms with E-state index in [4.69, 9.17) is 4.98 Å². The Morgan fingerprint density at radius 2 is 1.03 bits per heavy atom. The summed E-state index contributed by atoms with van der Waals surface area (Å²) in [4.78, 5) is 4.90. The van der Waals surface area contributed by atoms with Gasteiger partial charge in [0, 0.05) is 48.0 Å². The lowest BCUT2D eigenvalue weighted by molar-refractivity contribution is 0.723. The molecular weight excluding hydrogens is 376 g/mol. The standard InChI is InChI=1S/C29H19N2/c1-3-10-20(11-4-1)31(21-12-5-2-6-13-21)25-17-9-16-23-22-14-7-8-15-24(22)29-28(27(23)25)26(31)18-19-30-29/h1-19H/q+1. The highest BCUT2D eigenvalue weighted by Crippen LogP contribution is 2.62. The van der Waals surface area contributed by atoms with E-state index < -0.39 is 0 Å². The van der Waals surface area contributed by atoms with Gasteiger partial charge in [-0.05, 0) is 10.8 Å². The highest BCUT2D eigenvalue weighted by Gasteiger charge is 2.47. The summed E-state index contributed by atoms with van der Waals surface area (Å²) in [5.41, 5.74) is 6.09. The molecule has 0 saturated heterocycles. The van der Waals surface area contributed by atoms with E-state index in [2.05, 4.69) is 109 Å². The van der Waals surface area contributed by atoms with Crippen molar-refractivity contribution in [2.24, 2.45) is 0 Å². The zero-order valence-corrected chi connectivity index (χ0v) is 16.9. The summed E-state index contributed by atoms with van der Waals surface area (Å²) in [5, 5.41) is 6.34. The molecule has 31 heavy (non-hydrogen) atoms. The maximum Gasteiger partial charge on any atom is 0.160 e. The van der Waals surface area contributed by atoms with E-state index in [1.165, 1.54) is 49.7 Å². The number of aromatic nitrogens is 1. The van der Waals surface area contributed by atoms with Crippen LogP contribution in [0.4, 0.5) is 22.7 Å². The van der Waals surface area contributed by atoms with Crippen molar-refractivity contribution >= 4 is 55.2 Å². The van der Waals surface area contributed by atoms with Gasteiger partial charge >= 0.3 is 0 Å². The zero-order chi connectivity index (χ0) is 20.4. The molecule has 5 aromatic carbocycles. The minimum Gasteiger partial charge on any atom is -0.255 e. The van der Waals surface area contributed by atoms with E-state index in [0.29, 0.717) is 4.48 Å². The molecule has 2 heterocycles. The van der Waals surface area contributed by atoms with Crippen molar-refractivity contribution in [1.29, 1.82) is 0 Å². The molecule has 0 atom stereocenters. The zero-order valence-electron chi connectivity index (χ0n) is 16.9. The third-order valence-corrected chi connectivity index (χ3v) is 6.70. The molecule has 0 spiro atoms. The number of quaternary nitrogens is 1. The number of pyridine rings is 1. The number of rotatable bonds is 2. The van der Waals surface area contributed by atoms with Gasteiger partial charge in [-0.3, -0.25) is 4.98 Å². The molecule has 2 nitrogen and oxygen atoms in total. The molecule has 0 fully saturated rings. The van der Waals surface area contributed by atoms with Gasteiger partial charge in [-0.1, -0.05) is 72.8 Å². The molecule has 0 bridgehead atoms. The second-order valence-electron chi connectivity index (χ2n) is 8.14. The van der Waals surface area contributed by atoms with E-state index in [1.54, 1.807) is 0 Å². The summed E-state index contributed by atoms with van der Waals surface area (Å²) in [6.07, 6.45) is 1.97. The van der Waals surface area contributed by atoms with Crippen LogP contribution in [0.2, 0.25) is 0 Å². The SMILES string of the molecule is c1ccc([N+]2(c3ccccc3)c3cccc4c5ccccc5c5nccc2c5c34)cc1. The molecule has 6 aromatic rings. The molecule has 0 saturated carbocycles. The predicted molar refractivity (Wildman–Crippen MR) is 130 cm³/mol. The van der Waals surface area contributed by atoms with E-state index >= 15 is 0 Å². The average Bonchev–Trinajstić information content (AvgIpc) is 3.17. The molecular formula is C29H19N2+. The number of hydrogen-bond donors (Lipinski definition) is 0. The number of nitrogens with zero attached hydrogens (tertiary/aromatic N) is 2. The monoisotopic (exact) mass is 395 g/mol. The molecule has 1 aliphatic rings. The first-order chi connectivity index (χ1) is 15.4. The van der Waals surface area contributed by atoms with Crippen molar-refractivity contribution in [2.75, 3.05) is 0 Å². The maximum atomic E-state index is 4.90. The fraction of sp³-hybridized carbons (Fsp3) is 0. The summed E-state index contributed by atoms with van der Waals surface area (Å²) in [6.45, 7) is 0. The van der Waals surface area contributed by atoms with Crippen LogP contribution in [0, 0.1) is 0 Å². The number of benzene rings is 5. The van der Waals surface area contributed by atoms with E-state index in [0.717, 1.165) is 5.52 Å². The molecule has 144 valence electrons. The Morgan fingerprint density at radius 1 is 0.452 bits per heavy atom. The van der Waals surface area contributed by atoms with Crippen LogP contribution in [0.5, 0.6) is 0 Å². The molecule has 2 heteroatoms. The Balaban J connectivity index is 1.80. The number of fused-ring (bicyclic) bond motifs is 3. The highest BCUT2D eigenvalue weighted by atomic mass is 15.4. The lowest BCUT2D eigenvalue weighted by atomic mass is 9.97. The first-order valence-electron chi connectivity index (χ1n) is 10.6. The first-order valence-corrected chi connectivity index (χ1v) is 10.6. The van der Waals surface area contributed by atoms with E-state index in [-0.39, 0.29) is 0 Å². The van der Waals surface area contributed by atoms with Gasteiger partial charge in [0.2, 0.25) is 0 Å². The van der Waals surface area contributed by atoms with Crippen molar-refractivity contribution in [3.05, 3.63) is 115 Å². The van der Waals surface area contributed by atoms with Crippen LogP contribution in [0.25, 0.3) is 32.4 Å². The summed E-state index contributed by atoms with van der Waals surface area (Å²) >= 11 is 0. The average molecular weight is 395 g/mol. The van der Waals surface area contributed by atoms with Gasteiger partial charge in [-0.15, -0.1) is 0 Å². The molecule has 0 unspecified atom stereocenters. The Hall–Kier alpha value is -4.01. The van der Waals surface area contributed by atoms with Gasteiger partial charge < -0.3 is 0 Å². The van der Waals surface area contributed by atoms with Crippen molar-refractivity contribution in [2.45, 2.75) is 0 Å². The van der Waals surface area contributed by atoms with Gasteiger partial charge in [-0.2, -0.15) is 4.48 Å². The van der Waals surface area contributed by atoms with E-state index in [9.17, 15) is 0 Å². The highest BCUT2D eigenvalue weighted by molar-refractivity contribution is 6.33. The summed E-state index contributed by atoms with van der Waals surface area (Å²) < 4.78 is 0.573. The van der Waals surface area contributed by atoms with Crippen LogP contribution in [-0.2, 0) is 0 Å². The third-order valence-electron chi connectivity index (χ3n) is 6.70. The molecule has 0 N–H and O–H groups in total. The molecule has 0 aliphatic carbocycles. The minimum absolute atomic E-state index is 0.573. The number of para-hydroxylation sites is 2. The maximum absolute atomic E-state index is 4.90. The summed E-state index contributed by atoms with van der Waals surface area (Å²) in [5.74, 6) is 0. The van der Waals surface area contributed by atoms with Gasteiger partial charge in [0.05, 0.1) is 16.3 Å². The Kier molecular flexibility index (Phi) is 3.24. The Bertz CT molecular complexity index is 1500. The van der Waals surface area contributed by atoms with Crippen molar-refractivity contribution in [3.63, 3.8) is 0 Å². The van der Waals surface area contributed by atoms with Crippen molar-refractivity contribution < 1.29 is 0 Å². The number of hydrogen-bond acceptors (Lipinski definition) is 1. The first kappa shape index (κ1) is 16.8. The van der Waals surface area contributed by atoms with Gasteiger partial charge in [0.1, 0.15) is 11.4 Å². The van der Waals surface area contributed by atoms with Crippen LogP contribution in [0.15, 0.2) is 115 Å².